The Hall–Kier alpha value is -0.120. The summed E-state index contributed by atoms with van der Waals surface area (Å²) in [5, 5.41) is 3.58. The van der Waals surface area contributed by atoms with E-state index in [-0.39, 0.29) is 0 Å². The molecule has 1 heterocycles. The van der Waals surface area contributed by atoms with Crippen molar-refractivity contribution in [3.05, 3.63) is 0 Å². The highest BCUT2D eigenvalue weighted by atomic mass is 15.2. The van der Waals surface area contributed by atoms with Crippen molar-refractivity contribution in [2.24, 2.45) is 11.7 Å². The van der Waals surface area contributed by atoms with Gasteiger partial charge in [0.2, 0.25) is 0 Å². The van der Waals surface area contributed by atoms with Crippen molar-refractivity contribution in [3.63, 3.8) is 0 Å². The quantitative estimate of drug-likeness (QED) is 0.710. The highest BCUT2D eigenvalue weighted by molar-refractivity contribution is 4.90. The molecule has 2 unspecified atom stereocenters. The molecule has 2 aliphatic rings. The Morgan fingerprint density at radius 1 is 1.27 bits per heavy atom. The van der Waals surface area contributed by atoms with Gasteiger partial charge in [0, 0.05) is 31.7 Å². The van der Waals surface area contributed by atoms with Crippen LogP contribution in [0.2, 0.25) is 0 Å². The van der Waals surface area contributed by atoms with Gasteiger partial charge in [-0.3, -0.25) is 0 Å². The summed E-state index contributed by atoms with van der Waals surface area (Å²) in [6.07, 6.45) is 6.90. The van der Waals surface area contributed by atoms with Gasteiger partial charge in [-0.15, -0.1) is 0 Å². The number of hydrogen-bond donors (Lipinski definition) is 2. The van der Waals surface area contributed by atoms with Crippen LogP contribution in [-0.2, 0) is 0 Å². The molecule has 1 saturated carbocycles. The predicted octanol–water partition coefficient (Wildman–Crippen LogP) is 0.798. The molecule has 2 rings (SSSR count). The van der Waals surface area contributed by atoms with E-state index < -0.39 is 0 Å². The summed E-state index contributed by atoms with van der Waals surface area (Å²) in [5.74, 6) is 0.766. The summed E-state index contributed by atoms with van der Waals surface area (Å²) >= 11 is 0. The van der Waals surface area contributed by atoms with Crippen molar-refractivity contribution in [1.29, 1.82) is 0 Å². The molecule has 0 aromatic heterocycles. The summed E-state index contributed by atoms with van der Waals surface area (Å²) in [7, 11) is 2.20. The third kappa shape index (κ3) is 2.92. The van der Waals surface area contributed by atoms with Crippen molar-refractivity contribution in [1.82, 2.24) is 10.2 Å². The molecular formula is C12H25N3. The van der Waals surface area contributed by atoms with E-state index in [1.807, 2.05) is 0 Å². The third-order valence-electron chi connectivity index (χ3n) is 4.07. The molecule has 0 aromatic rings. The molecule has 0 aromatic carbocycles. The summed E-state index contributed by atoms with van der Waals surface area (Å²) in [6.45, 7) is 3.38. The maximum absolute atomic E-state index is 6.40. The zero-order valence-electron chi connectivity index (χ0n) is 9.91. The van der Waals surface area contributed by atoms with Crippen molar-refractivity contribution < 1.29 is 0 Å². The minimum atomic E-state index is 0.369. The fraction of sp³-hybridized carbons (Fsp3) is 1.00. The van der Waals surface area contributed by atoms with Crippen LogP contribution in [0.3, 0.4) is 0 Å². The van der Waals surface area contributed by atoms with Gasteiger partial charge in [-0.05, 0) is 25.8 Å². The van der Waals surface area contributed by atoms with E-state index in [1.54, 1.807) is 0 Å². The average Bonchev–Trinajstić information content (AvgIpc) is 2.29. The molecule has 0 amide bonds. The fourth-order valence-electron chi connectivity index (χ4n) is 3.04. The van der Waals surface area contributed by atoms with Crippen LogP contribution < -0.4 is 11.1 Å². The normalized spacial score (nSPS) is 32.8. The lowest BCUT2D eigenvalue weighted by molar-refractivity contribution is 0.178. The van der Waals surface area contributed by atoms with E-state index in [1.165, 1.54) is 32.1 Å². The van der Waals surface area contributed by atoms with E-state index in [0.29, 0.717) is 12.1 Å². The molecule has 3 nitrogen and oxygen atoms in total. The second-order valence-electron chi connectivity index (χ2n) is 5.30. The van der Waals surface area contributed by atoms with Gasteiger partial charge < -0.3 is 16.0 Å². The smallest absolute Gasteiger partial charge is 0.0350 e. The van der Waals surface area contributed by atoms with Crippen molar-refractivity contribution in [2.45, 2.75) is 44.2 Å². The van der Waals surface area contributed by atoms with Gasteiger partial charge in [0.05, 0.1) is 0 Å². The van der Waals surface area contributed by atoms with Crippen LogP contribution in [0.4, 0.5) is 0 Å². The van der Waals surface area contributed by atoms with Crippen LogP contribution in [0, 0.1) is 5.92 Å². The average molecular weight is 211 g/mol. The first-order chi connectivity index (χ1) is 7.27. The number of hydrogen-bond acceptors (Lipinski definition) is 3. The van der Waals surface area contributed by atoms with E-state index >= 15 is 0 Å². The molecule has 0 bridgehead atoms. The van der Waals surface area contributed by atoms with Crippen molar-refractivity contribution in [2.75, 3.05) is 26.7 Å². The van der Waals surface area contributed by atoms with E-state index in [4.69, 9.17) is 5.73 Å². The molecule has 3 N–H and O–H groups in total. The minimum absolute atomic E-state index is 0.369. The Bertz CT molecular complexity index is 189. The molecule has 0 spiro atoms. The van der Waals surface area contributed by atoms with Crippen LogP contribution in [-0.4, -0.2) is 43.7 Å². The second kappa shape index (κ2) is 5.28. The SMILES string of the molecule is CN1CCNC(C(N)C2CCCCC2)C1. The molecule has 3 heteroatoms. The van der Waals surface area contributed by atoms with Crippen LogP contribution in [0.5, 0.6) is 0 Å². The Morgan fingerprint density at radius 3 is 2.67 bits per heavy atom. The Kier molecular flexibility index (Phi) is 4.00. The van der Waals surface area contributed by atoms with Gasteiger partial charge in [0.25, 0.3) is 0 Å². The standard InChI is InChI=1S/C12H25N3/c1-15-8-7-14-11(9-15)12(13)10-5-3-2-4-6-10/h10-12,14H,2-9,13H2,1H3. The Balaban J connectivity index is 1.85. The van der Waals surface area contributed by atoms with E-state index in [2.05, 4.69) is 17.3 Å². The maximum Gasteiger partial charge on any atom is 0.0350 e. The van der Waals surface area contributed by atoms with Gasteiger partial charge in [-0.25, -0.2) is 0 Å². The molecule has 2 fully saturated rings. The number of piperazine rings is 1. The summed E-state index contributed by atoms with van der Waals surface area (Å²) < 4.78 is 0. The molecule has 88 valence electrons. The van der Waals surface area contributed by atoms with E-state index in [9.17, 15) is 0 Å². The van der Waals surface area contributed by atoms with Crippen LogP contribution in [0.15, 0.2) is 0 Å². The van der Waals surface area contributed by atoms with Crippen LogP contribution in [0.1, 0.15) is 32.1 Å². The van der Waals surface area contributed by atoms with Crippen molar-refractivity contribution in [3.8, 4) is 0 Å². The first-order valence-corrected chi connectivity index (χ1v) is 6.45. The van der Waals surface area contributed by atoms with Gasteiger partial charge in [0.1, 0.15) is 0 Å². The predicted molar refractivity (Wildman–Crippen MR) is 63.8 cm³/mol. The zero-order chi connectivity index (χ0) is 10.7. The fourth-order valence-corrected chi connectivity index (χ4v) is 3.04. The molecule has 2 atom stereocenters. The molecule has 1 saturated heterocycles. The second-order valence-corrected chi connectivity index (χ2v) is 5.30. The lowest BCUT2D eigenvalue weighted by atomic mass is 9.81. The van der Waals surface area contributed by atoms with Gasteiger partial charge in [-0.2, -0.15) is 0 Å². The highest BCUT2D eigenvalue weighted by Crippen LogP contribution is 2.27. The number of nitrogens with one attached hydrogen (secondary N) is 1. The lowest BCUT2D eigenvalue weighted by Gasteiger charge is -2.39. The van der Waals surface area contributed by atoms with Crippen molar-refractivity contribution >= 4 is 0 Å². The number of likely N-dealkylation sites (N-methyl/N-ethyl adjacent to an activating group) is 1. The van der Waals surface area contributed by atoms with Crippen LogP contribution in [0.25, 0.3) is 0 Å². The Morgan fingerprint density at radius 2 is 2.00 bits per heavy atom. The summed E-state index contributed by atoms with van der Waals surface area (Å²) in [6, 6.07) is 0.889. The summed E-state index contributed by atoms with van der Waals surface area (Å²) in [5.41, 5.74) is 6.40. The maximum atomic E-state index is 6.40. The van der Waals surface area contributed by atoms with Gasteiger partial charge >= 0.3 is 0 Å². The first-order valence-electron chi connectivity index (χ1n) is 6.45. The number of nitrogens with zero attached hydrogens (tertiary/aromatic N) is 1. The number of rotatable bonds is 2. The molecule has 15 heavy (non-hydrogen) atoms. The molecule has 0 radical (unpaired) electrons. The number of nitrogens with two attached hydrogens (primary N) is 1. The molecule has 1 aliphatic heterocycles. The molecule has 1 aliphatic carbocycles. The minimum Gasteiger partial charge on any atom is -0.326 e. The monoisotopic (exact) mass is 211 g/mol. The Labute approximate surface area is 93.4 Å². The third-order valence-corrected chi connectivity index (χ3v) is 4.07. The van der Waals surface area contributed by atoms with E-state index in [0.717, 1.165) is 25.6 Å². The van der Waals surface area contributed by atoms with Gasteiger partial charge in [-0.1, -0.05) is 19.3 Å². The first kappa shape index (κ1) is 11.4. The molecular weight excluding hydrogens is 186 g/mol. The highest BCUT2D eigenvalue weighted by Gasteiger charge is 2.29. The van der Waals surface area contributed by atoms with Crippen LogP contribution >= 0.6 is 0 Å². The topological polar surface area (TPSA) is 41.3 Å². The summed E-state index contributed by atoms with van der Waals surface area (Å²) in [4.78, 5) is 2.39. The zero-order valence-corrected chi connectivity index (χ0v) is 9.91. The van der Waals surface area contributed by atoms with Gasteiger partial charge in [0.15, 0.2) is 0 Å². The lowest BCUT2D eigenvalue weighted by Crippen LogP contribution is -2.59. The largest absolute Gasteiger partial charge is 0.326 e.